The molecular weight excluding hydrogens is 430 g/mol. The third kappa shape index (κ3) is 7.34. The smallest absolute Gasteiger partial charge is 0.318 e. The summed E-state index contributed by atoms with van der Waals surface area (Å²) in [7, 11) is 3.17. The molecule has 0 aliphatic carbocycles. The van der Waals surface area contributed by atoms with Gasteiger partial charge in [0.25, 0.3) is 0 Å². The van der Waals surface area contributed by atoms with Gasteiger partial charge >= 0.3 is 6.03 Å². The summed E-state index contributed by atoms with van der Waals surface area (Å²) in [6, 6.07) is 12.6. The molecule has 0 fully saturated rings. The zero-order valence-corrected chi connectivity index (χ0v) is 19.9. The number of amides is 3. The summed E-state index contributed by atoms with van der Waals surface area (Å²) >= 11 is 5.92. The zero-order valence-electron chi connectivity index (χ0n) is 19.2. The highest BCUT2D eigenvalue weighted by Crippen LogP contribution is 2.27. The van der Waals surface area contributed by atoms with Gasteiger partial charge in [0, 0.05) is 31.2 Å². The fraction of sp³-hybridized carbons (Fsp3) is 0.417. The second-order valence-electron chi connectivity index (χ2n) is 7.21. The van der Waals surface area contributed by atoms with Crippen LogP contribution in [0.15, 0.2) is 42.5 Å². The number of carbonyl (C=O) groups excluding carboxylic acids is 2. The molecule has 0 atom stereocenters. The van der Waals surface area contributed by atoms with E-state index in [1.165, 1.54) is 0 Å². The van der Waals surface area contributed by atoms with E-state index in [9.17, 15) is 9.59 Å². The van der Waals surface area contributed by atoms with Crippen molar-refractivity contribution in [1.29, 1.82) is 0 Å². The van der Waals surface area contributed by atoms with Gasteiger partial charge in [0.05, 0.1) is 14.2 Å². The number of methoxy groups -OCH3 is 2. The van der Waals surface area contributed by atoms with Gasteiger partial charge in [-0.2, -0.15) is 0 Å². The van der Waals surface area contributed by atoms with Crippen LogP contribution in [0.4, 0.5) is 4.79 Å². The topological polar surface area (TPSA) is 71.1 Å². The second-order valence-corrected chi connectivity index (χ2v) is 7.65. The molecule has 0 saturated carbocycles. The first-order chi connectivity index (χ1) is 15.4. The molecule has 3 amide bonds. The number of hydrogen-bond donors (Lipinski definition) is 1. The largest absolute Gasteiger partial charge is 0.493 e. The first-order valence-corrected chi connectivity index (χ1v) is 11.0. The van der Waals surface area contributed by atoms with E-state index in [1.807, 2.05) is 44.2 Å². The first kappa shape index (κ1) is 25.3. The summed E-state index contributed by atoms with van der Waals surface area (Å²) in [5, 5.41) is 3.54. The Morgan fingerprint density at radius 3 is 2.12 bits per heavy atom. The van der Waals surface area contributed by atoms with Crippen molar-refractivity contribution in [2.75, 3.05) is 40.4 Å². The minimum absolute atomic E-state index is 0.0153. The third-order valence-electron chi connectivity index (χ3n) is 5.20. The van der Waals surface area contributed by atoms with Gasteiger partial charge in [-0.3, -0.25) is 4.79 Å². The molecule has 0 spiro atoms. The number of hydrogen-bond acceptors (Lipinski definition) is 4. The molecule has 0 aliphatic heterocycles. The summed E-state index contributed by atoms with van der Waals surface area (Å²) in [6.45, 7) is 5.81. The molecule has 0 heterocycles. The molecule has 0 radical (unpaired) electrons. The van der Waals surface area contributed by atoms with E-state index in [1.54, 1.807) is 36.2 Å². The van der Waals surface area contributed by atoms with Crippen molar-refractivity contribution in [1.82, 2.24) is 15.1 Å². The number of rotatable bonds is 11. The van der Waals surface area contributed by atoms with E-state index in [0.717, 1.165) is 11.1 Å². The van der Waals surface area contributed by atoms with E-state index in [0.29, 0.717) is 49.1 Å². The van der Waals surface area contributed by atoms with Crippen LogP contribution in [-0.2, 0) is 17.8 Å². The number of benzene rings is 2. The minimum Gasteiger partial charge on any atom is -0.493 e. The van der Waals surface area contributed by atoms with E-state index < -0.39 is 0 Å². The van der Waals surface area contributed by atoms with Crippen LogP contribution in [0.3, 0.4) is 0 Å². The Bertz CT molecular complexity index is 885. The van der Waals surface area contributed by atoms with Gasteiger partial charge < -0.3 is 24.6 Å². The van der Waals surface area contributed by atoms with Crippen molar-refractivity contribution in [2.24, 2.45) is 0 Å². The Labute approximate surface area is 195 Å². The van der Waals surface area contributed by atoms with Crippen LogP contribution in [0, 0.1) is 0 Å². The highest BCUT2D eigenvalue weighted by Gasteiger charge is 2.20. The van der Waals surface area contributed by atoms with Gasteiger partial charge in [-0.15, -0.1) is 0 Å². The monoisotopic (exact) mass is 461 g/mol. The zero-order chi connectivity index (χ0) is 23.5. The lowest BCUT2D eigenvalue weighted by Gasteiger charge is -2.26. The Morgan fingerprint density at radius 1 is 0.906 bits per heavy atom. The predicted molar refractivity (Wildman–Crippen MR) is 126 cm³/mol. The molecule has 8 heteroatoms. The van der Waals surface area contributed by atoms with Crippen LogP contribution in [0.1, 0.15) is 25.0 Å². The summed E-state index contributed by atoms with van der Waals surface area (Å²) in [5.74, 6) is 1.19. The molecule has 0 unspecified atom stereocenters. The van der Waals surface area contributed by atoms with Crippen LogP contribution in [0.2, 0.25) is 5.02 Å². The molecule has 7 nitrogen and oxygen atoms in total. The van der Waals surface area contributed by atoms with E-state index >= 15 is 0 Å². The lowest BCUT2D eigenvalue weighted by molar-refractivity contribution is -0.131. The van der Waals surface area contributed by atoms with Gasteiger partial charge in [-0.05, 0) is 55.7 Å². The van der Waals surface area contributed by atoms with E-state index in [-0.39, 0.29) is 18.5 Å². The van der Waals surface area contributed by atoms with Crippen molar-refractivity contribution >= 4 is 23.5 Å². The average Bonchev–Trinajstić information content (AvgIpc) is 2.81. The molecule has 0 aromatic heterocycles. The Balaban J connectivity index is 2.09. The van der Waals surface area contributed by atoms with E-state index in [4.69, 9.17) is 21.1 Å². The molecular formula is C24H32ClN3O4. The van der Waals surface area contributed by atoms with Gasteiger partial charge in [0.1, 0.15) is 6.54 Å². The molecule has 2 aromatic rings. The molecule has 0 saturated heterocycles. The highest BCUT2D eigenvalue weighted by atomic mass is 35.5. The van der Waals surface area contributed by atoms with Crippen LogP contribution in [-0.4, -0.2) is 62.1 Å². The fourth-order valence-electron chi connectivity index (χ4n) is 3.28. The number of nitrogens with zero attached hydrogens (tertiary/aromatic N) is 2. The molecule has 174 valence electrons. The highest BCUT2D eigenvalue weighted by molar-refractivity contribution is 6.30. The Hall–Kier alpha value is -2.93. The van der Waals surface area contributed by atoms with Crippen molar-refractivity contribution in [3.63, 3.8) is 0 Å². The van der Waals surface area contributed by atoms with Gasteiger partial charge in [0.15, 0.2) is 11.5 Å². The number of nitrogens with one attached hydrogen (secondary N) is 1. The van der Waals surface area contributed by atoms with Crippen LogP contribution in [0.5, 0.6) is 11.5 Å². The van der Waals surface area contributed by atoms with Crippen LogP contribution >= 0.6 is 11.6 Å². The summed E-state index contributed by atoms with van der Waals surface area (Å²) < 4.78 is 10.6. The van der Waals surface area contributed by atoms with Crippen molar-refractivity contribution in [2.45, 2.75) is 26.8 Å². The Morgan fingerprint density at radius 2 is 1.53 bits per heavy atom. The average molecular weight is 462 g/mol. The quantitative estimate of drug-likeness (QED) is 0.549. The molecule has 0 aliphatic rings. The standard InChI is InChI=1S/C24H32ClN3O4/c1-5-27(6-2)23(29)17-28(24(30)26-16-19-7-10-20(25)11-8-19)14-13-18-9-12-21(31-3)22(15-18)32-4/h7-12,15H,5-6,13-14,16-17H2,1-4H3,(H,26,30). The van der Waals surface area contributed by atoms with Gasteiger partial charge in [-0.1, -0.05) is 29.8 Å². The molecule has 2 rings (SSSR count). The number of urea groups is 1. The SMILES string of the molecule is CCN(CC)C(=O)CN(CCc1ccc(OC)c(OC)c1)C(=O)NCc1ccc(Cl)cc1. The Kier molecular flexibility index (Phi) is 10.1. The van der Waals surface area contributed by atoms with Crippen LogP contribution in [0.25, 0.3) is 0 Å². The normalized spacial score (nSPS) is 10.4. The number of ether oxygens (including phenoxy) is 2. The van der Waals surface area contributed by atoms with Crippen molar-refractivity contribution in [3.8, 4) is 11.5 Å². The van der Waals surface area contributed by atoms with Crippen molar-refractivity contribution < 1.29 is 19.1 Å². The van der Waals surface area contributed by atoms with Crippen molar-refractivity contribution in [3.05, 3.63) is 58.6 Å². The maximum atomic E-state index is 12.9. The number of halogens is 1. The summed E-state index contributed by atoms with van der Waals surface area (Å²) in [6.07, 6.45) is 0.570. The molecule has 0 bridgehead atoms. The number of likely N-dealkylation sites (N-methyl/N-ethyl adjacent to an activating group) is 1. The summed E-state index contributed by atoms with van der Waals surface area (Å²) in [5.41, 5.74) is 1.91. The lowest BCUT2D eigenvalue weighted by atomic mass is 10.1. The third-order valence-corrected chi connectivity index (χ3v) is 5.46. The predicted octanol–water partition coefficient (Wildman–Crippen LogP) is 3.98. The van der Waals surface area contributed by atoms with E-state index in [2.05, 4.69) is 5.32 Å². The maximum absolute atomic E-state index is 12.9. The van der Waals surface area contributed by atoms with Crippen LogP contribution < -0.4 is 14.8 Å². The first-order valence-electron chi connectivity index (χ1n) is 10.7. The fourth-order valence-corrected chi connectivity index (χ4v) is 3.41. The van der Waals surface area contributed by atoms with Gasteiger partial charge in [-0.25, -0.2) is 4.79 Å². The lowest BCUT2D eigenvalue weighted by Crippen LogP contribution is -2.47. The molecule has 1 N–H and O–H groups in total. The molecule has 32 heavy (non-hydrogen) atoms. The number of carbonyl (C=O) groups is 2. The second kappa shape index (κ2) is 12.8. The molecule has 2 aromatic carbocycles. The maximum Gasteiger partial charge on any atom is 0.318 e. The summed E-state index contributed by atoms with van der Waals surface area (Å²) in [4.78, 5) is 28.9. The van der Waals surface area contributed by atoms with Gasteiger partial charge in [0.2, 0.25) is 5.91 Å². The minimum atomic E-state index is -0.291.